The fourth-order valence-corrected chi connectivity index (χ4v) is 6.92. The molecule has 26 heavy (non-hydrogen) atoms. The number of fused-ring (bicyclic) bond motifs is 5. The van der Waals surface area contributed by atoms with Crippen molar-refractivity contribution in [1.29, 1.82) is 0 Å². The summed E-state index contributed by atoms with van der Waals surface area (Å²) in [5, 5.41) is 31.8. The standard InChI is InChI=1S/C21H30O5/c1-19-7-5-13(23)9-12(19)3-4-14-15-6-8-21(26,17(25)11-22)20(15,2)10-16(24)18(14)19/h9,14-16,18,22,24,26H,3-8,10-11H2,1-2H3/t14-,15-,16-,18+,19-,20-,21+/m0/s1/i5D,7D/t5?,7?,14-,15-,16-,18+,19-,20-,21+. The molecule has 3 saturated carbocycles. The van der Waals surface area contributed by atoms with Crippen LogP contribution in [-0.4, -0.2) is 45.2 Å². The van der Waals surface area contributed by atoms with E-state index in [1.807, 2.05) is 13.8 Å². The molecule has 0 aromatic heterocycles. The highest BCUT2D eigenvalue weighted by molar-refractivity contribution is 5.91. The number of Topliss-reactive ketones (excluding diaryl/α,β-unsaturated/α-hetero) is 1. The third kappa shape index (κ3) is 2.14. The number of carbonyl (C=O) groups excluding carboxylic acids is 2. The molecule has 0 bridgehead atoms. The van der Waals surface area contributed by atoms with Gasteiger partial charge < -0.3 is 15.3 Å². The molecule has 4 aliphatic carbocycles. The number of hydrogen-bond donors (Lipinski definition) is 3. The van der Waals surface area contributed by atoms with Crippen LogP contribution in [-0.2, 0) is 9.59 Å². The van der Waals surface area contributed by atoms with Crippen LogP contribution >= 0.6 is 0 Å². The Hall–Kier alpha value is -1.04. The Labute approximate surface area is 157 Å². The van der Waals surface area contributed by atoms with Gasteiger partial charge >= 0.3 is 0 Å². The Morgan fingerprint density at radius 3 is 2.81 bits per heavy atom. The molecule has 144 valence electrons. The zero-order chi connectivity index (χ0) is 20.6. The van der Waals surface area contributed by atoms with Gasteiger partial charge in [-0.15, -0.1) is 0 Å². The Kier molecular flexibility index (Phi) is 3.52. The second-order valence-corrected chi connectivity index (χ2v) is 9.19. The third-order valence-electron chi connectivity index (χ3n) is 8.25. The second kappa shape index (κ2) is 5.73. The van der Waals surface area contributed by atoms with Gasteiger partial charge in [0.2, 0.25) is 0 Å². The largest absolute Gasteiger partial charge is 0.393 e. The van der Waals surface area contributed by atoms with Gasteiger partial charge in [0.1, 0.15) is 12.2 Å². The van der Waals surface area contributed by atoms with Gasteiger partial charge in [0, 0.05) is 14.6 Å². The number of hydrogen-bond acceptors (Lipinski definition) is 5. The lowest BCUT2D eigenvalue weighted by Crippen LogP contribution is -2.62. The molecule has 0 aliphatic heterocycles. The van der Waals surface area contributed by atoms with Gasteiger partial charge in [0.15, 0.2) is 11.6 Å². The average Bonchev–Trinajstić information content (AvgIpc) is 2.92. The SMILES string of the molecule is [2H]C1C(=O)C=C2CC[C@@H]3[C@H]([C@@H](O)C[C@@]4(C)[C@H]3CC[C@@]4(O)C(=O)CO)[C@@]2(C)C1[2H]. The maximum Gasteiger partial charge on any atom is 0.190 e. The molecule has 0 aromatic carbocycles. The fourth-order valence-electron chi connectivity index (χ4n) is 6.92. The van der Waals surface area contributed by atoms with Crippen molar-refractivity contribution in [2.24, 2.45) is 28.6 Å². The van der Waals surface area contributed by atoms with E-state index in [9.17, 15) is 24.9 Å². The van der Waals surface area contributed by atoms with Gasteiger partial charge in [-0.3, -0.25) is 9.59 Å². The Morgan fingerprint density at radius 2 is 2.12 bits per heavy atom. The highest BCUT2D eigenvalue weighted by Gasteiger charge is 2.68. The van der Waals surface area contributed by atoms with Crippen LogP contribution in [0.15, 0.2) is 11.6 Å². The maximum absolute atomic E-state index is 12.4. The number of allylic oxidation sites excluding steroid dienone is 1. The molecule has 0 spiro atoms. The lowest BCUT2D eigenvalue weighted by atomic mass is 9.45. The van der Waals surface area contributed by atoms with E-state index < -0.39 is 47.7 Å². The minimum atomic E-state index is -1.64. The van der Waals surface area contributed by atoms with Crippen LogP contribution in [0.5, 0.6) is 0 Å². The van der Waals surface area contributed by atoms with E-state index in [-0.39, 0.29) is 36.4 Å². The van der Waals surface area contributed by atoms with Crippen molar-refractivity contribution in [1.82, 2.24) is 0 Å². The number of rotatable bonds is 2. The zero-order valence-corrected chi connectivity index (χ0v) is 15.4. The summed E-state index contributed by atoms with van der Waals surface area (Å²) < 4.78 is 16.8. The summed E-state index contributed by atoms with van der Waals surface area (Å²) in [4.78, 5) is 24.5. The average molecular weight is 364 g/mol. The highest BCUT2D eigenvalue weighted by Crippen LogP contribution is 2.67. The van der Waals surface area contributed by atoms with Crippen LogP contribution in [0, 0.1) is 28.6 Å². The first-order valence-electron chi connectivity index (χ1n) is 10.8. The van der Waals surface area contributed by atoms with Crippen molar-refractivity contribution >= 4 is 11.6 Å². The van der Waals surface area contributed by atoms with Crippen LogP contribution in [0.1, 0.15) is 61.5 Å². The van der Waals surface area contributed by atoms with Gasteiger partial charge in [0.05, 0.1) is 6.10 Å². The van der Waals surface area contributed by atoms with Gasteiger partial charge in [-0.05, 0) is 67.7 Å². The quantitative estimate of drug-likeness (QED) is 0.694. The summed E-state index contributed by atoms with van der Waals surface area (Å²) in [5.74, 6) is -1.19. The van der Waals surface area contributed by atoms with Gasteiger partial charge in [0.25, 0.3) is 0 Å². The molecule has 9 atom stereocenters. The maximum atomic E-state index is 12.4. The molecular formula is C21H30O5. The molecule has 5 heteroatoms. The molecule has 2 unspecified atom stereocenters. The molecule has 3 N–H and O–H groups in total. The first-order chi connectivity index (χ1) is 13.0. The topological polar surface area (TPSA) is 94.8 Å². The minimum Gasteiger partial charge on any atom is -0.393 e. The first kappa shape index (κ1) is 16.0. The monoisotopic (exact) mass is 364 g/mol. The van der Waals surface area contributed by atoms with Crippen LogP contribution in [0.25, 0.3) is 0 Å². The summed E-state index contributed by atoms with van der Waals surface area (Å²) in [6.45, 7) is 3.04. The van der Waals surface area contributed by atoms with Crippen molar-refractivity contribution in [2.75, 3.05) is 6.61 Å². The first-order valence-corrected chi connectivity index (χ1v) is 9.66. The van der Waals surface area contributed by atoms with Crippen molar-refractivity contribution in [3.05, 3.63) is 11.6 Å². The Bertz CT molecular complexity index is 753. The summed E-state index contributed by atoms with van der Waals surface area (Å²) in [6.07, 6.45) is 1.08. The molecule has 4 aliphatic rings. The van der Waals surface area contributed by atoms with Crippen molar-refractivity contribution in [3.63, 3.8) is 0 Å². The van der Waals surface area contributed by atoms with Gasteiger partial charge in [-0.1, -0.05) is 19.4 Å². The van der Waals surface area contributed by atoms with Crippen molar-refractivity contribution in [2.45, 2.75) is 70.5 Å². The molecule has 0 heterocycles. The van der Waals surface area contributed by atoms with Crippen molar-refractivity contribution < 1.29 is 27.7 Å². The molecule has 4 rings (SSSR count). The van der Waals surface area contributed by atoms with E-state index in [4.69, 9.17) is 2.74 Å². The molecule has 0 amide bonds. The zero-order valence-electron chi connectivity index (χ0n) is 17.4. The predicted octanol–water partition coefficient (Wildman–Crippen LogP) is 1.78. The molecule has 0 aromatic rings. The second-order valence-electron chi connectivity index (χ2n) is 9.19. The van der Waals surface area contributed by atoms with E-state index in [1.165, 1.54) is 6.08 Å². The van der Waals surface area contributed by atoms with Gasteiger partial charge in [-0.25, -0.2) is 0 Å². The van der Waals surface area contributed by atoms with E-state index in [0.717, 1.165) is 12.0 Å². The molecule has 0 saturated heterocycles. The van der Waals surface area contributed by atoms with Crippen LogP contribution < -0.4 is 0 Å². The Morgan fingerprint density at radius 1 is 1.38 bits per heavy atom. The number of ketones is 2. The fraction of sp³-hybridized carbons (Fsp3) is 0.810. The number of carbonyl (C=O) groups is 2. The third-order valence-corrected chi connectivity index (χ3v) is 8.25. The number of aliphatic hydroxyl groups is 3. The van der Waals surface area contributed by atoms with Crippen LogP contribution in [0.2, 0.25) is 0 Å². The highest BCUT2D eigenvalue weighted by atomic mass is 16.3. The molecular weight excluding hydrogens is 332 g/mol. The Balaban J connectivity index is 1.77. The summed E-state index contributed by atoms with van der Waals surface area (Å²) in [6, 6.07) is 0. The molecule has 5 nitrogen and oxygen atoms in total. The molecule has 0 radical (unpaired) electrons. The lowest BCUT2D eigenvalue weighted by Gasteiger charge is -2.60. The van der Waals surface area contributed by atoms with E-state index >= 15 is 0 Å². The number of aliphatic hydroxyl groups excluding tert-OH is 2. The summed E-state index contributed by atoms with van der Waals surface area (Å²) in [5.41, 5.74) is -2.36. The minimum absolute atomic E-state index is 0.00432. The van der Waals surface area contributed by atoms with E-state index in [0.29, 0.717) is 12.8 Å². The van der Waals surface area contributed by atoms with Gasteiger partial charge in [-0.2, -0.15) is 0 Å². The summed E-state index contributed by atoms with van der Waals surface area (Å²) in [7, 11) is 0. The summed E-state index contributed by atoms with van der Waals surface area (Å²) >= 11 is 0. The van der Waals surface area contributed by atoms with Crippen molar-refractivity contribution in [3.8, 4) is 0 Å². The van der Waals surface area contributed by atoms with Crippen LogP contribution in [0.3, 0.4) is 0 Å². The van der Waals surface area contributed by atoms with E-state index in [2.05, 4.69) is 0 Å². The lowest BCUT2D eigenvalue weighted by molar-refractivity contribution is -0.182. The predicted molar refractivity (Wildman–Crippen MR) is 95.1 cm³/mol. The smallest absolute Gasteiger partial charge is 0.190 e. The normalized spacial score (nSPS) is 57.3. The molecule has 3 fully saturated rings. The van der Waals surface area contributed by atoms with Crippen LogP contribution in [0.4, 0.5) is 0 Å². The van der Waals surface area contributed by atoms with E-state index in [1.54, 1.807) is 0 Å².